The third-order valence-corrected chi connectivity index (χ3v) is 4.24. The molecule has 0 amide bonds. The first-order valence-corrected chi connectivity index (χ1v) is 7.70. The monoisotopic (exact) mass is 274 g/mol. The smallest absolute Gasteiger partial charge is 0.0113 e. The summed E-state index contributed by atoms with van der Waals surface area (Å²) >= 11 is 0. The Bertz CT molecular complexity index is 735. The highest BCUT2D eigenvalue weighted by Crippen LogP contribution is 2.33. The van der Waals surface area contributed by atoms with Gasteiger partial charge < -0.3 is 0 Å². The number of benzene rings is 3. The Kier molecular flexibility index (Phi) is 3.79. The molecule has 106 valence electrons. The molecule has 0 heteroatoms. The van der Waals surface area contributed by atoms with Crippen LogP contribution in [0.2, 0.25) is 0 Å². The Labute approximate surface area is 127 Å². The first-order valence-electron chi connectivity index (χ1n) is 7.70. The van der Waals surface area contributed by atoms with Crippen molar-refractivity contribution in [2.45, 2.75) is 26.7 Å². The van der Waals surface area contributed by atoms with Gasteiger partial charge in [-0.15, -0.1) is 0 Å². The number of hydrogen-bond donors (Lipinski definition) is 0. The maximum Gasteiger partial charge on any atom is 0.0113 e. The van der Waals surface area contributed by atoms with E-state index in [2.05, 4.69) is 87.5 Å². The van der Waals surface area contributed by atoms with Crippen LogP contribution < -0.4 is 0 Å². The number of fused-ring (bicyclic) bond motifs is 1. The Morgan fingerprint density at radius 3 is 1.95 bits per heavy atom. The summed E-state index contributed by atoms with van der Waals surface area (Å²) in [4.78, 5) is 0. The Balaban J connectivity index is 2.08. The van der Waals surface area contributed by atoms with Gasteiger partial charge in [-0.2, -0.15) is 0 Å². The lowest BCUT2D eigenvalue weighted by atomic mass is 9.82. The molecule has 0 nitrogen and oxygen atoms in total. The van der Waals surface area contributed by atoms with E-state index in [4.69, 9.17) is 0 Å². The molecular formula is C21H22. The molecule has 3 aromatic carbocycles. The van der Waals surface area contributed by atoms with Gasteiger partial charge in [0, 0.05) is 5.92 Å². The second-order valence-electron chi connectivity index (χ2n) is 6.24. The number of aryl methyl sites for hydroxylation is 1. The van der Waals surface area contributed by atoms with Crippen LogP contribution in [0.15, 0.2) is 66.7 Å². The predicted molar refractivity (Wildman–Crippen MR) is 91.8 cm³/mol. The minimum atomic E-state index is 0.454. The molecule has 0 heterocycles. The van der Waals surface area contributed by atoms with Crippen LogP contribution in [0.1, 0.15) is 36.5 Å². The molecule has 0 spiro atoms. The molecule has 0 N–H and O–H groups in total. The molecule has 1 atom stereocenters. The van der Waals surface area contributed by atoms with E-state index in [9.17, 15) is 0 Å². The first-order chi connectivity index (χ1) is 10.1. The average molecular weight is 274 g/mol. The van der Waals surface area contributed by atoms with Crippen molar-refractivity contribution in [3.8, 4) is 0 Å². The summed E-state index contributed by atoms with van der Waals surface area (Å²) in [5.41, 5.74) is 4.14. The fraction of sp³-hybridized carbons (Fsp3) is 0.238. The molecule has 3 rings (SSSR count). The number of hydrogen-bond acceptors (Lipinski definition) is 0. The summed E-state index contributed by atoms with van der Waals surface area (Å²) in [6, 6.07) is 24.4. The van der Waals surface area contributed by atoms with Gasteiger partial charge in [-0.1, -0.05) is 86.1 Å². The standard InChI is InChI=1S/C21H22/c1-15(2)21(18-10-8-16(3)9-11-18)20-13-12-17-6-4-5-7-19(17)14-20/h4-15,21H,1-3H3/t21-/m0/s1. The van der Waals surface area contributed by atoms with Crippen molar-refractivity contribution in [3.05, 3.63) is 83.4 Å². The first kappa shape index (κ1) is 13.9. The van der Waals surface area contributed by atoms with E-state index in [0.717, 1.165) is 0 Å². The van der Waals surface area contributed by atoms with Gasteiger partial charge in [0.2, 0.25) is 0 Å². The van der Waals surface area contributed by atoms with Crippen molar-refractivity contribution in [1.29, 1.82) is 0 Å². The zero-order valence-corrected chi connectivity index (χ0v) is 13.0. The fourth-order valence-electron chi connectivity index (χ4n) is 3.14. The molecule has 0 radical (unpaired) electrons. The van der Waals surface area contributed by atoms with Crippen molar-refractivity contribution < 1.29 is 0 Å². The third kappa shape index (κ3) is 2.85. The van der Waals surface area contributed by atoms with Crippen LogP contribution in [0.4, 0.5) is 0 Å². The van der Waals surface area contributed by atoms with Gasteiger partial charge in [-0.25, -0.2) is 0 Å². The highest BCUT2D eigenvalue weighted by molar-refractivity contribution is 5.83. The van der Waals surface area contributed by atoms with Crippen LogP contribution in [0.3, 0.4) is 0 Å². The molecule has 3 aromatic rings. The van der Waals surface area contributed by atoms with Gasteiger partial charge in [-0.3, -0.25) is 0 Å². The predicted octanol–water partition coefficient (Wildman–Crippen LogP) is 5.94. The summed E-state index contributed by atoms with van der Waals surface area (Å²) in [5, 5.41) is 2.64. The normalized spacial score (nSPS) is 12.8. The largest absolute Gasteiger partial charge is 0.0619 e. The zero-order chi connectivity index (χ0) is 14.8. The van der Waals surface area contributed by atoms with Gasteiger partial charge in [0.25, 0.3) is 0 Å². The topological polar surface area (TPSA) is 0 Å². The average Bonchev–Trinajstić information content (AvgIpc) is 2.49. The quantitative estimate of drug-likeness (QED) is 0.554. The molecule has 0 saturated heterocycles. The summed E-state index contributed by atoms with van der Waals surface area (Å²) in [7, 11) is 0. The van der Waals surface area contributed by atoms with Crippen LogP contribution in [0.5, 0.6) is 0 Å². The van der Waals surface area contributed by atoms with Gasteiger partial charge in [-0.05, 0) is 34.7 Å². The van der Waals surface area contributed by atoms with E-state index in [1.807, 2.05) is 0 Å². The highest BCUT2D eigenvalue weighted by Gasteiger charge is 2.18. The molecule has 0 saturated carbocycles. The molecule has 0 aliphatic carbocycles. The van der Waals surface area contributed by atoms with E-state index < -0.39 is 0 Å². The van der Waals surface area contributed by atoms with Crippen molar-refractivity contribution in [1.82, 2.24) is 0 Å². The van der Waals surface area contributed by atoms with Crippen LogP contribution in [0, 0.1) is 12.8 Å². The molecule has 0 bridgehead atoms. The zero-order valence-electron chi connectivity index (χ0n) is 13.0. The van der Waals surface area contributed by atoms with Gasteiger partial charge in [0.05, 0.1) is 0 Å². The van der Waals surface area contributed by atoms with Crippen LogP contribution >= 0.6 is 0 Å². The molecule has 0 aromatic heterocycles. The maximum atomic E-state index is 2.35. The molecule has 0 aliphatic heterocycles. The lowest BCUT2D eigenvalue weighted by Crippen LogP contribution is -2.08. The van der Waals surface area contributed by atoms with E-state index in [1.165, 1.54) is 27.5 Å². The minimum absolute atomic E-state index is 0.454. The maximum absolute atomic E-state index is 2.35. The molecule has 21 heavy (non-hydrogen) atoms. The Morgan fingerprint density at radius 1 is 0.667 bits per heavy atom. The fourth-order valence-corrected chi connectivity index (χ4v) is 3.14. The molecule has 0 aliphatic rings. The van der Waals surface area contributed by atoms with Crippen molar-refractivity contribution in [2.24, 2.45) is 5.92 Å². The second kappa shape index (κ2) is 5.73. The Morgan fingerprint density at radius 2 is 1.29 bits per heavy atom. The summed E-state index contributed by atoms with van der Waals surface area (Å²) in [5.74, 6) is 1.03. The van der Waals surface area contributed by atoms with Crippen molar-refractivity contribution >= 4 is 10.8 Å². The second-order valence-corrected chi connectivity index (χ2v) is 6.24. The van der Waals surface area contributed by atoms with Crippen molar-refractivity contribution in [2.75, 3.05) is 0 Å². The molecule has 0 unspecified atom stereocenters. The lowest BCUT2D eigenvalue weighted by molar-refractivity contribution is 0.564. The van der Waals surface area contributed by atoms with Crippen molar-refractivity contribution in [3.63, 3.8) is 0 Å². The summed E-state index contributed by atoms with van der Waals surface area (Å²) in [6.07, 6.45) is 0. The highest BCUT2D eigenvalue weighted by atomic mass is 14.2. The van der Waals surface area contributed by atoms with Gasteiger partial charge in [0.15, 0.2) is 0 Å². The van der Waals surface area contributed by atoms with Crippen LogP contribution in [-0.2, 0) is 0 Å². The third-order valence-electron chi connectivity index (χ3n) is 4.24. The molecular weight excluding hydrogens is 252 g/mol. The Hall–Kier alpha value is -2.08. The SMILES string of the molecule is Cc1ccc([C@@H](c2ccc3ccccc3c2)C(C)C)cc1. The van der Waals surface area contributed by atoms with Crippen LogP contribution in [-0.4, -0.2) is 0 Å². The van der Waals surface area contributed by atoms with Gasteiger partial charge in [0.1, 0.15) is 0 Å². The summed E-state index contributed by atoms with van der Waals surface area (Å²) < 4.78 is 0. The van der Waals surface area contributed by atoms with Gasteiger partial charge >= 0.3 is 0 Å². The minimum Gasteiger partial charge on any atom is -0.0619 e. The van der Waals surface area contributed by atoms with E-state index in [1.54, 1.807) is 0 Å². The lowest BCUT2D eigenvalue weighted by Gasteiger charge is -2.22. The van der Waals surface area contributed by atoms with Crippen LogP contribution in [0.25, 0.3) is 10.8 Å². The van der Waals surface area contributed by atoms with E-state index >= 15 is 0 Å². The van der Waals surface area contributed by atoms with E-state index in [-0.39, 0.29) is 0 Å². The van der Waals surface area contributed by atoms with E-state index in [0.29, 0.717) is 11.8 Å². The molecule has 0 fully saturated rings. The number of rotatable bonds is 3. The summed E-state index contributed by atoms with van der Waals surface area (Å²) in [6.45, 7) is 6.75.